The van der Waals surface area contributed by atoms with Crippen LogP contribution in [0.3, 0.4) is 0 Å². The van der Waals surface area contributed by atoms with Crippen LogP contribution in [0.1, 0.15) is 37.4 Å². The third kappa shape index (κ3) is 3.17. The monoisotopic (exact) mass is 374 g/mol. The molecule has 1 N–H and O–H groups in total. The second kappa shape index (κ2) is 7.31. The first-order chi connectivity index (χ1) is 13.6. The van der Waals surface area contributed by atoms with E-state index in [1.807, 2.05) is 66.1 Å². The number of nitrogens with zero attached hydrogens (tertiary/aromatic N) is 3. The molecule has 6 nitrogen and oxygen atoms in total. The molecule has 0 aliphatic carbocycles. The van der Waals surface area contributed by atoms with Crippen molar-refractivity contribution in [2.24, 2.45) is 0 Å². The number of carbonyl (C=O) groups excluding carboxylic acids is 2. The zero-order chi connectivity index (χ0) is 19.7. The Balaban J connectivity index is 1.61. The first-order valence-corrected chi connectivity index (χ1v) is 9.39. The van der Waals surface area contributed by atoms with Crippen LogP contribution in [0.25, 0.3) is 17.1 Å². The molecular weight excluding hydrogens is 352 g/mol. The fourth-order valence-corrected chi connectivity index (χ4v) is 3.76. The minimum Gasteiger partial charge on any atom is -0.311 e. The van der Waals surface area contributed by atoms with E-state index in [-0.39, 0.29) is 24.3 Å². The largest absolute Gasteiger partial charge is 0.311 e. The highest BCUT2D eigenvalue weighted by atomic mass is 16.2. The number of hydrogen-bond donors (Lipinski definition) is 1. The summed E-state index contributed by atoms with van der Waals surface area (Å²) in [7, 11) is 0. The number of fused-ring (bicyclic) bond motifs is 2. The second-order valence-electron chi connectivity index (χ2n) is 6.81. The fourth-order valence-electron chi connectivity index (χ4n) is 3.76. The van der Waals surface area contributed by atoms with Crippen molar-refractivity contribution in [2.45, 2.75) is 32.9 Å². The molecule has 6 heteroatoms. The highest BCUT2D eigenvalue weighted by Gasteiger charge is 2.28. The summed E-state index contributed by atoms with van der Waals surface area (Å²) in [6.45, 7) is 4.23. The lowest BCUT2D eigenvalue weighted by molar-refractivity contribution is -0.129. The molecule has 2 heterocycles. The number of aromatic nitrogens is 2. The van der Waals surface area contributed by atoms with Crippen LogP contribution in [0.4, 0.5) is 5.95 Å². The van der Waals surface area contributed by atoms with E-state index < -0.39 is 0 Å². The average Bonchev–Trinajstić information content (AvgIpc) is 3.04. The molecule has 1 aromatic heterocycles. The third-order valence-electron chi connectivity index (χ3n) is 5.07. The Bertz CT molecular complexity index is 1080. The fraction of sp³-hybridized carbons (Fsp3) is 0.227. The molecule has 1 atom stereocenters. The van der Waals surface area contributed by atoms with Gasteiger partial charge in [0.25, 0.3) is 0 Å². The number of aryl methyl sites for hydroxylation is 1. The van der Waals surface area contributed by atoms with Crippen LogP contribution in [0, 0.1) is 0 Å². The van der Waals surface area contributed by atoms with Crippen molar-refractivity contribution in [3.63, 3.8) is 0 Å². The van der Waals surface area contributed by atoms with E-state index in [0.29, 0.717) is 12.5 Å². The van der Waals surface area contributed by atoms with E-state index in [0.717, 1.165) is 22.2 Å². The predicted octanol–water partition coefficient (Wildman–Crippen LogP) is 3.96. The quantitative estimate of drug-likeness (QED) is 0.752. The van der Waals surface area contributed by atoms with Gasteiger partial charge >= 0.3 is 0 Å². The van der Waals surface area contributed by atoms with E-state index in [9.17, 15) is 9.59 Å². The molecule has 1 aliphatic rings. The molecule has 0 saturated carbocycles. The molecule has 28 heavy (non-hydrogen) atoms. The van der Waals surface area contributed by atoms with Gasteiger partial charge < -0.3 is 9.47 Å². The van der Waals surface area contributed by atoms with E-state index in [4.69, 9.17) is 0 Å². The smallest absolute Gasteiger partial charge is 0.229 e. The van der Waals surface area contributed by atoms with Gasteiger partial charge in [0.2, 0.25) is 17.8 Å². The van der Waals surface area contributed by atoms with Crippen LogP contribution >= 0.6 is 0 Å². The molecule has 0 spiro atoms. The maximum atomic E-state index is 12.9. The molecule has 3 aromatic rings. The molecule has 1 aliphatic heterocycles. The van der Waals surface area contributed by atoms with Gasteiger partial charge in [-0.25, -0.2) is 4.98 Å². The van der Waals surface area contributed by atoms with Crippen molar-refractivity contribution >= 4 is 34.9 Å². The first-order valence-electron chi connectivity index (χ1n) is 9.39. The summed E-state index contributed by atoms with van der Waals surface area (Å²) in [4.78, 5) is 31.1. The Labute approximate surface area is 163 Å². The Hall–Kier alpha value is -3.41. The van der Waals surface area contributed by atoms with Gasteiger partial charge in [-0.3, -0.25) is 14.9 Å². The molecule has 2 amide bonds. The van der Waals surface area contributed by atoms with E-state index in [1.54, 1.807) is 11.1 Å². The molecule has 2 aromatic carbocycles. The lowest BCUT2D eigenvalue weighted by Gasteiger charge is -2.32. The van der Waals surface area contributed by atoms with Gasteiger partial charge in [0.15, 0.2) is 0 Å². The minimum atomic E-state index is -0.335. The molecule has 0 unspecified atom stereocenters. The van der Waals surface area contributed by atoms with Gasteiger partial charge in [-0.05, 0) is 36.3 Å². The van der Waals surface area contributed by atoms with Gasteiger partial charge in [0.05, 0.1) is 23.5 Å². The Morgan fingerprint density at radius 3 is 2.64 bits per heavy atom. The summed E-state index contributed by atoms with van der Waals surface area (Å²) in [6.07, 6.45) is 3.82. The maximum absolute atomic E-state index is 12.9. The second-order valence-corrected chi connectivity index (χ2v) is 6.81. The lowest BCUT2D eigenvalue weighted by atomic mass is 9.93. The Morgan fingerprint density at radius 1 is 1.11 bits per heavy atom. The van der Waals surface area contributed by atoms with Gasteiger partial charge in [-0.1, -0.05) is 36.4 Å². The van der Waals surface area contributed by atoms with Gasteiger partial charge in [0, 0.05) is 19.7 Å². The molecule has 0 radical (unpaired) electrons. The number of anilines is 1. The van der Waals surface area contributed by atoms with Crippen LogP contribution in [0.2, 0.25) is 0 Å². The van der Waals surface area contributed by atoms with Gasteiger partial charge in [0.1, 0.15) is 0 Å². The Morgan fingerprint density at radius 2 is 1.86 bits per heavy atom. The molecule has 0 bridgehead atoms. The SMILES string of the molecule is CCn1c(NC(=O)C[C@@H]2c3ccccc3C=CN2C(C)=O)nc2ccccc21. The number of benzene rings is 2. The molecule has 142 valence electrons. The van der Waals surface area contributed by atoms with Crippen molar-refractivity contribution in [3.8, 4) is 0 Å². The maximum Gasteiger partial charge on any atom is 0.229 e. The van der Waals surface area contributed by atoms with Crippen LogP contribution in [-0.4, -0.2) is 26.3 Å². The van der Waals surface area contributed by atoms with Gasteiger partial charge in [-0.15, -0.1) is 0 Å². The standard InChI is InChI=1S/C22H22N4O2/c1-3-25-19-11-7-6-10-18(19)23-22(25)24-21(28)14-20-17-9-5-4-8-16(17)12-13-26(20)15(2)27/h4-13,20H,3,14H2,1-2H3,(H,23,24,28)/t20-/m1/s1. The Kier molecular flexibility index (Phi) is 4.69. The number of rotatable bonds is 4. The van der Waals surface area contributed by atoms with Crippen molar-refractivity contribution in [1.29, 1.82) is 0 Å². The number of nitrogens with one attached hydrogen (secondary N) is 1. The number of carbonyl (C=O) groups is 2. The zero-order valence-corrected chi connectivity index (χ0v) is 15.9. The summed E-state index contributed by atoms with van der Waals surface area (Å²) >= 11 is 0. The van der Waals surface area contributed by atoms with Crippen molar-refractivity contribution in [3.05, 3.63) is 65.9 Å². The molecular formula is C22H22N4O2. The highest BCUT2D eigenvalue weighted by Crippen LogP contribution is 2.33. The van der Waals surface area contributed by atoms with Crippen LogP contribution in [-0.2, 0) is 16.1 Å². The number of para-hydroxylation sites is 2. The summed E-state index contributed by atoms with van der Waals surface area (Å²) in [5.41, 5.74) is 3.82. The average molecular weight is 374 g/mol. The summed E-state index contributed by atoms with van der Waals surface area (Å²) in [5, 5.41) is 2.94. The topological polar surface area (TPSA) is 67.2 Å². The van der Waals surface area contributed by atoms with Crippen molar-refractivity contribution < 1.29 is 9.59 Å². The predicted molar refractivity (Wildman–Crippen MR) is 109 cm³/mol. The van der Waals surface area contributed by atoms with Crippen molar-refractivity contribution in [2.75, 3.05) is 5.32 Å². The van der Waals surface area contributed by atoms with E-state index in [2.05, 4.69) is 10.3 Å². The summed E-state index contributed by atoms with van der Waals surface area (Å²) in [5.74, 6) is 0.262. The molecule has 4 rings (SSSR count). The number of imidazole rings is 1. The molecule has 0 saturated heterocycles. The minimum absolute atomic E-state index is 0.0932. The molecule has 0 fully saturated rings. The van der Waals surface area contributed by atoms with Crippen LogP contribution in [0.5, 0.6) is 0 Å². The highest BCUT2D eigenvalue weighted by molar-refractivity contribution is 5.92. The van der Waals surface area contributed by atoms with Crippen LogP contribution in [0.15, 0.2) is 54.7 Å². The van der Waals surface area contributed by atoms with Crippen molar-refractivity contribution in [1.82, 2.24) is 14.5 Å². The zero-order valence-electron chi connectivity index (χ0n) is 15.9. The van der Waals surface area contributed by atoms with Gasteiger partial charge in [-0.2, -0.15) is 0 Å². The number of hydrogen-bond acceptors (Lipinski definition) is 3. The summed E-state index contributed by atoms with van der Waals surface area (Å²) < 4.78 is 1.98. The van der Waals surface area contributed by atoms with E-state index >= 15 is 0 Å². The third-order valence-corrected chi connectivity index (χ3v) is 5.07. The normalized spacial score (nSPS) is 15.5. The summed E-state index contributed by atoms with van der Waals surface area (Å²) in [6, 6.07) is 15.3. The lowest BCUT2D eigenvalue weighted by Crippen LogP contribution is -2.33. The van der Waals surface area contributed by atoms with Crippen LogP contribution < -0.4 is 5.32 Å². The number of amides is 2. The first kappa shape index (κ1) is 18.0. The van der Waals surface area contributed by atoms with E-state index in [1.165, 1.54) is 6.92 Å².